The Bertz CT molecular complexity index is 876. The Balaban J connectivity index is 1.72. The van der Waals surface area contributed by atoms with E-state index < -0.39 is 18.1 Å². The van der Waals surface area contributed by atoms with Crippen LogP contribution in [0.2, 0.25) is 0 Å². The number of carboxylic acid groups (broad SMARTS) is 1. The predicted octanol–water partition coefficient (Wildman–Crippen LogP) is 2.78. The number of hydrogen-bond acceptors (Lipinski definition) is 4. The fourth-order valence-electron chi connectivity index (χ4n) is 2.52. The number of rotatable bonds is 6. The Morgan fingerprint density at radius 1 is 1.16 bits per heavy atom. The molecule has 3 rings (SSSR count). The molecule has 2 N–H and O–H groups in total. The van der Waals surface area contributed by atoms with Crippen molar-refractivity contribution in [1.82, 2.24) is 14.7 Å². The van der Waals surface area contributed by atoms with Crippen molar-refractivity contribution in [3.63, 3.8) is 0 Å². The zero-order chi connectivity index (χ0) is 17.6. The van der Waals surface area contributed by atoms with Crippen molar-refractivity contribution in [3.05, 3.63) is 72.2 Å². The fourth-order valence-corrected chi connectivity index (χ4v) is 2.52. The van der Waals surface area contributed by atoms with Gasteiger partial charge in [0.25, 0.3) is 0 Å². The Morgan fingerprint density at radius 3 is 2.68 bits per heavy atom. The maximum Gasteiger partial charge on any atom is 0.408 e. The predicted molar refractivity (Wildman–Crippen MR) is 89.9 cm³/mol. The van der Waals surface area contributed by atoms with Gasteiger partial charge in [-0.2, -0.15) is 0 Å². The number of hydrogen-bond donors (Lipinski definition) is 2. The molecule has 7 nitrogen and oxygen atoms in total. The molecule has 1 amide bonds. The molecule has 128 valence electrons. The summed E-state index contributed by atoms with van der Waals surface area (Å²) in [5.41, 5.74) is 2.10. The monoisotopic (exact) mass is 339 g/mol. The Kier molecular flexibility index (Phi) is 4.94. The third-order valence-corrected chi connectivity index (χ3v) is 3.69. The second-order valence-electron chi connectivity index (χ2n) is 5.47. The van der Waals surface area contributed by atoms with Gasteiger partial charge in [0.05, 0.1) is 24.4 Å². The quantitative estimate of drug-likeness (QED) is 0.720. The number of imidazole rings is 1. The van der Waals surface area contributed by atoms with Crippen molar-refractivity contribution in [2.24, 2.45) is 0 Å². The molecule has 7 heteroatoms. The highest BCUT2D eigenvalue weighted by Gasteiger charge is 2.22. The molecule has 0 bridgehead atoms. The number of amides is 1. The van der Waals surface area contributed by atoms with Gasteiger partial charge in [-0.05, 0) is 17.7 Å². The highest BCUT2D eigenvalue weighted by atomic mass is 16.5. The molecule has 2 aromatic heterocycles. The number of benzene rings is 1. The molecule has 0 saturated heterocycles. The lowest BCUT2D eigenvalue weighted by molar-refractivity contribution is -0.137. The van der Waals surface area contributed by atoms with E-state index >= 15 is 0 Å². The minimum atomic E-state index is -1.03. The molecule has 2 heterocycles. The number of alkyl carbamates (subject to hydrolysis) is 1. The van der Waals surface area contributed by atoms with E-state index in [1.807, 2.05) is 42.5 Å². The number of nitrogens with zero attached hydrogens (tertiary/aromatic N) is 2. The van der Waals surface area contributed by atoms with E-state index in [9.17, 15) is 9.59 Å². The van der Waals surface area contributed by atoms with E-state index in [-0.39, 0.29) is 13.0 Å². The SMILES string of the molecule is O=C(O)C[C@H](NC(=O)OCc1ccccc1)c1cnc2ccccn12. The maximum absolute atomic E-state index is 12.1. The van der Waals surface area contributed by atoms with E-state index in [2.05, 4.69) is 10.3 Å². The van der Waals surface area contributed by atoms with Crippen LogP contribution in [-0.4, -0.2) is 26.6 Å². The van der Waals surface area contributed by atoms with E-state index in [0.29, 0.717) is 11.3 Å². The van der Waals surface area contributed by atoms with E-state index in [1.165, 1.54) is 0 Å². The van der Waals surface area contributed by atoms with Crippen LogP contribution in [-0.2, 0) is 16.1 Å². The standard InChI is InChI=1S/C18H17N3O4/c22-17(23)10-14(15-11-19-16-8-4-5-9-21(15)16)20-18(24)25-12-13-6-2-1-3-7-13/h1-9,11,14H,10,12H2,(H,20,24)(H,22,23)/t14-/m0/s1. The van der Waals surface area contributed by atoms with Crippen molar-refractivity contribution in [2.75, 3.05) is 0 Å². The van der Waals surface area contributed by atoms with Crippen LogP contribution in [0.4, 0.5) is 4.79 Å². The van der Waals surface area contributed by atoms with Gasteiger partial charge in [-0.15, -0.1) is 0 Å². The van der Waals surface area contributed by atoms with E-state index in [1.54, 1.807) is 22.9 Å². The number of nitrogens with one attached hydrogen (secondary N) is 1. The number of pyridine rings is 1. The molecule has 3 aromatic rings. The lowest BCUT2D eigenvalue weighted by Crippen LogP contribution is -2.31. The Hall–Kier alpha value is -3.35. The normalized spacial score (nSPS) is 11.8. The summed E-state index contributed by atoms with van der Waals surface area (Å²) in [5, 5.41) is 11.8. The summed E-state index contributed by atoms with van der Waals surface area (Å²) in [7, 11) is 0. The van der Waals surface area contributed by atoms with Gasteiger partial charge in [0.1, 0.15) is 12.3 Å². The van der Waals surface area contributed by atoms with Gasteiger partial charge in [-0.25, -0.2) is 9.78 Å². The van der Waals surface area contributed by atoms with Gasteiger partial charge in [0, 0.05) is 6.20 Å². The first-order valence-corrected chi connectivity index (χ1v) is 7.74. The molecule has 0 spiro atoms. The molecule has 0 aliphatic heterocycles. The van der Waals surface area contributed by atoms with Crippen molar-refractivity contribution in [2.45, 2.75) is 19.1 Å². The van der Waals surface area contributed by atoms with Gasteiger partial charge < -0.3 is 19.6 Å². The van der Waals surface area contributed by atoms with Gasteiger partial charge in [-0.1, -0.05) is 36.4 Å². The molecular formula is C18H17N3O4. The van der Waals surface area contributed by atoms with Crippen LogP contribution in [0.3, 0.4) is 0 Å². The van der Waals surface area contributed by atoms with Gasteiger partial charge in [-0.3, -0.25) is 4.79 Å². The van der Waals surface area contributed by atoms with Crippen LogP contribution < -0.4 is 5.32 Å². The number of carbonyl (C=O) groups excluding carboxylic acids is 1. The van der Waals surface area contributed by atoms with Crippen LogP contribution in [0.5, 0.6) is 0 Å². The van der Waals surface area contributed by atoms with Crippen LogP contribution in [0.1, 0.15) is 23.7 Å². The van der Waals surface area contributed by atoms with E-state index in [0.717, 1.165) is 5.56 Å². The summed E-state index contributed by atoms with van der Waals surface area (Å²) < 4.78 is 6.92. The average Bonchev–Trinajstić information content (AvgIpc) is 3.04. The largest absolute Gasteiger partial charge is 0.481 e. The second-order valence-corrected chi connectivity index (χ2v) is 5.47. The number of aromatic nitrogens is 2. The third kappa shape index (κ3) is 4.14. The van der Waals surface area contributed by atoms with Crippen molar-refractivity contribution in [3.8, 4) is 0 Å². The first-order valence-electron chi connectivity index (χ1n) is 7.74. The van der Waals surface area contributed by atoms with Crippen LogP contribution in [0.15, 0.2) is 60.9 Å². The number of carbonyl (C=O) groups is 2. The fraction of sp³-hybridized carbons (Fsp3) is 0.167. The van der Waals surface area contributed by atoms with E-state index in [4.69, 9.17) is 9.84 Å². The van der Waals surface area contributed by atoms with Crippen LogP contribution in [0.25, 0.3) is 5.65 Å². The highest BCUT2D eigenvalue weighted by molar-refractivity contribution is 5.72. The number of aliphatic carboxylic acids is 1. The van der Waals surface area contributed by atoms with Crippen molar-refractivity contribution < 1.29 is 19.4 Å². The van der Waals surface area contributed by atoms with Crippen LogP contribution >= 0.6 is 0 Å². The van der Waals surface area contributed by atoms with Crippen molar-refractivity contribution >= 4 is 17.7 Å². The van der Waals surface area contributed by atoms with Crippen molar-refractivity contribution in [1.29, 1.82) is 0 Å². The molecule has 0 aliphatic rings. The molecular weight excluding hydrogens is 322 g/mol. The number of carboxylic acids is 1. The molecule has 25 heavy (non-hydrogen) atoms. The molecule has 0 unspecified atom stereocenters. The first kappa shape index (κ1) is 16.5. The summed E-state index contributed by atoms with van der Waals surface area (Å²) in [4.78, 5) is 27.5. The minimum Gasteiger partial charge on any atom is -0.481 e. The lowest BCUT2D eigenvalue weighted by Gasteiger charge is -2.16. The molecule has 0 radical (unpaired) electrons. The Morgan fingerprint density at radius 2 is 1.92 bits per heavy atom. The average molecular weight is 339 g/mol. The summed E-state index contributed by atoms with van der Waals surface area (Å²) >= 11 is 0. The minimum absolute atomic E-state index is 0.111. The third-order valence-electron chi connectivity index (χ3n) is 3.69. The van der Waals surface area contributed by atoms with Gasteiger partial charge in [0.15, 0.2) is 0 Å². The summed E-state index contributed by atoms with van der Waals surface area (Å²) in [6.07, 6.45) is 2.37. The Labute approximate surface area is 143 Å². The summed E-state index contributed by atoms with van der Waals surface area (Å²) in [6, 6.07) is 13.9. The summed E-state index contributed by atoms with van der Waals surface area (Å²) in [6.45, 7) is 0.111. The second kappa shape index (κ2) is 7.48. The molecule has 1 aromatic carbocycles. The van der Waals surface area contributed by atoms with Gasteiger partial charge in [0.2, 0.25) is 0 Å². The topological polar surface area (TPSA) is 92.9 Å². The first-order chi connectivity index (χ1) is 12.1. The lowest BCUT2D eigenvalue weighted by atomic mass is 10.1. The highest BCUT2D eigenvalue weighted by Crippen LogP contribution is 2.19. The zero-order valence-corrected chi connectivity index (χ0v) is 13.3. The zero-order valence-electron chi connectivity index (χ0n) is 13.3. The van der Waals surface area contributed by atoms with Gasteiger partial charge >= 0.3 is 12.1 Å². The molecule has 1 atom stereocenters. The summed E-state index contributed by atoms with van der Waals surface area (Å²) in [5.74, 6) is -1.03. The smallest absolute Gasteiger partial charge is 0.408 e. The number of ether oxygens (including phenoxy) is 1. The molecule has 0 fully saturated rings. The number of fused-ring (bicyclic) bond motifs is 1. The molecule has 0 saturated carbocycles. The van der Waals surface area contributed by atoms with Crippen LogP contribution in [0, 0.1) is 0 Å². The molecule has 0 aliphatic carbocycles. The maximum atomic E-state index is 12.1.